The number of hydrogen-bond donors (Lipinski definition) is 5. The molecule has 0 saturated carbocycles. The Morgan fingerprint density at radius 2 is 2.20 bits per heavy atom. The van der Waals surface area contributed by atoms with Gasteiger partial charge >= 0.3 is 128 Å². The molecule has 0 heterocycles. The summed E-state index contributed by atoms with van der Waals surface area (Å²) in [6.07, 6.45) is 1.52. The van der Waals surface area contributed by atoms with Gasteiger partial charge in [-0.05, 0) is 0 Å². The number of nitrogens with two attached hydrogens (primary N) is 2. The third-order valence-electron chi connectivity index (χ3n) is 1.77. The molecule has 118 valence electrons. The number of oxime groups is 1. The molecule has 10 nitrogen and oxygen atoms in total. The van der Waals surface area contributed by atoms with Crippen LogP contribution in [0.3, 0.4) is 0 Å². The van der Waals surface area contributed by atoms with Crippen molar-refractivity contribution in [3.8, 4) is 0 Å². The van der Waals surface area contributed by atoms with Crippen LogP contribution in [0.25, 0.3) is 0 Å². The van der Waals surface area contributed by atoms with Crippen LogP contribution in [0.4, 0.5) is 0 Å². The molecule has 12 heteroatoms. The maximum atomic E-state index is 10.8. The van der Waals surface area contributed by atoms with Crippen molar-refractivity contribution in [2.45, 2.75) is 6.42 Å². The Morgan fingerprint density at radius 1 is 1.55 bits per heavy atom. The molecule has 0 spiro atoms. The molecule has 0 aromatic rings. The first kappa shape index (κ1) is 19.0. The molecule has 0 aliphatic carbocycles. The zero-order chi connectivity index (χ0) is 15.6. The van der Waals surface area contributed by atoms with Crippen LogP contribution in [0.5, 0.6) is 0 Å². The Labute approximate surface area is 128 Å². The SMILES string of the molecule is C=C(N)/C(=N\ON)C(=NCCCNS(C)(=O)=O)N[I-]O. The first-order valence-electron chi connectivity index (χ1n) is 5.23. The molecule has 0 bridgehead atoms. The summed E-state index contributed by atoms with van der Waals surface area (Å²) in [6.45, 7) is 4.01. The molecule has 0 aromatic heterocycles. The van der Waals surface area contributed by atoms with Gasteiger partial charge in [-0.3, -0.25) is 0 Å². The second-order valence-corrected chi connectivity index (χ2v) is 6.35. The third-order valence-corrected chi connectivity index (χ3v) is 3.25. The second-order valence-electron chi connectivity index (χ2n) is 3.50. The van der Waals surface area contributed by atoms with Crippen molar-refractivity contribution in [3.63, 3.8) is 0 Å². The van der Waals surface area contributed by atoms with Gasteiger partial charge in [-0.1, -0.05) is 0 Å². The van der Waals surface area contributed by atoms with E-state index < -0.39 is 31.9 Å². The first-order valence-corrected chi connectivity index (χ1v) is 9.17. The van der Waals surface area contributed by atoms with Crippen molar-refractivity contribution in [3.05, 3.63) is 12.3 Å². The molecule has 0 fully saturated rings. The number of sulfonamides is 1. The van der Waals surface area contributed by atoms with E-state index in [2.05, 4.69) is 29.9 Å². The average Bonchev–Trinajstić information content (AvgIpc) is 2.32. The predicted octanol–water partition coefficient (Wildman–Crippen LogP) is -5.46. The second kappa shape index (κ2) is 9.87. The molecule has 0 aliphatic rings. The molecule has 0 atom stereocenters. The number of hydrogen-bond acceptors (Lipinski definition) is 8. The van der Waals surface area contributed by atoms with Crippen molar-refractivity contribution in [2.24, 2.45) is 21.8 Å². The Balaban J connectivity index is 4.62. The van der Waals surface area contributed by atoms with Crippen molar-refractivity contribution >= 4 is 21.6 Å². The molecular formula is C8H18IN6O4S-. The molecule has 7 N–H and O–H groups in total. The minimum atomic E-state index is -3.22. The van der Waals surface area contributed by atoms with Crippen molar-refractivity contribution in [1.82, 2.24) is 8.25 Å². The van der Waals surface area contributed by atoms with Gasteiger partial charge < -0.3 is 0 Å². The fraction of sp³-hybridized carbons (Fsp3) is 0.500. The Morgan fingerprint density at radius 3 is 2.65 bits per heavy atom. The van der Waals surface area contributed by atoms with Crippen LogP contribution in [0.15, 0.2) is 22.4 Å². The first-order chi connectivity index (χ1) is 9.31. The topological polar surface area (TPSA) is 164 Å². The van der Waals surface area contributed by atoms with Gasteiger partial charge in [0.15, 0.2) is 0 Å². The van der Waals surface area contributed by atoms with Gasteiger partial charge in [0.2, 0.25) is 0 Å². The van der Waals surface area contributed by atoms with Crippen LogP contribution < -0.4 is 41.8 Å². The van der Waals surface area contributed by atoms with E-state index in [1.165, 1.54) is 0 Å². The van der Waals surface area contributed by atoms with E-state index in [4.69, 9.17) is 15.1 Å². The molecule has 0 unspecified atom stereocenters. The van der Waals surface area contributed by atoms with Crippen molar-refractivity contribution < 1.29 is 38.7 Å². The van der Waals surface area contributed by atoms with Crippen molar-refractivity contribution in [2.75, 3.05) is 19.3 Å². The number of nitrogens with zero attached hydrogens (tertiary/aromatic N) is 2. The summed E-state index contributed by atoms with van der Waals surface area (Å²) in [6, 6.07) is 0. The summed E-state index contributed by atoms with van der Waals surface area (Å²) in [5.74, 6) is 5.02. The van der Waals surface area contributed by atoms with Gasteiger partial charge in [-0.2, -0.15) is 0 Å². The van der Waals surface area contributed by atoms with Gasteiger partial charge in [0.25, 0.3) is 0 Å². The molecule has 0 amide bonds. The molecule has 0 saturated heterocycles. The third kappa shape index (κ3) is 9.03. The summed E-state index contributed by atoms with van der Waals surface area (Å²) >= 11 is -1.31. The number of nitrogens with one attached hydrogen (secondary N) is 2. The molecule has 20 heavy (non-hydrogen) atoms. The predicted molar refractivity (Wildman–Crippen MR) is 71.2 cm³/mol. The fourth-order valence-electron chi connectivity index (χ4n) is 1.02. The van der Waals surface area contributed by atoms with E-state index in [9.17, 15) is 8.42 Å². The Bertz CT molecular complexity index is 477. The van der Waals surface area contributed by atoms with Crippen LogP contribution in [0, 0.1) is 0 Å². The van der Waals surface area contributed by atoms with E-state index in [-0.39, 0.29) is 30.3 Å². The van der Waals surface area contributed by atoms with Crippen LogP contribution >= 0.6 is 0 Å². The standard InChI is InChI=1S/C8H18IN6O4S/c1-6(10)7(15-19-11)8(14-9-16)12-4-3-5-13-20(2,17)18/h13,16H,1,3-5,10-11H2,2H3,(H,12,14)/q-1/b15-7+. The van der Waals surface area contributed by atoms with Crippen LogP contribution in [-0.4, -0.2) is 42.7 Å². The number of halogens is 1. The quantitative estimate of drug-likeness (QED) is 0.0619. The Kier molecular flexibility index (Phi) is 9.39. The van der Waals surface area contributed by atoms with Gasteiger partial charge in [-0.25, -0.2) is 0 Å². The van der Waals surface area contributed by atoms with E-state index in [1.807, 2.05) is 0 Å². The molecule has 0 aliphatic heterocycles. The normalized spacial score (nSPS) is 13.3. The summed E-state index contributed by atoms with van der Waals surface area (Å²) in [5.41, 5.74) is 5.64. The molecular weight excluding hydrogens is 403 g/mol. The minimum absolute atomic E-state index is 0.0634. The number of rotatable bonds is 9. The van der Waals surface area contributed by atoms with E-state index in [0.29, 0.717) is 6.42 Å². The zero-order valence-corrected chi connectivity index (χ0v) is 13.8. The zero-order valence-electron chi connectivity index (χ0n) is 10.8. The van der Waals surface area contributed by atoms with Gasteiger partial charge in [0.1, 0.15) is 0 Å². The van der Waals surface area contributed by atoms with Crippen LogP contribution in [-0.2, 0) is 15.0 Å². The maximum absolute atomic E-state index is 10.8. The fourth-order valence-corrected chi connectivity index (χ4v) is 2.19. The molecule has 0 aromatic carbocycles. The summed E-state index contributed by atoms with van der Waals surface area (Å²) in [7, 11) is -3.22. The molecule has 0 radical (unpaired) electrons. The summed E-state index contributed by atoms with van der Waals surface area (Å²) in [5, 5.41) is 3.45. The monoisotopic (exact) mass is 421 g/mol. The van der Waals surface area contributed by atoms with E-state index in [1.54, 1.807) is 0 Å². The number of aliphatic imine (C=N–C) groups is 1. The van der Waals surface area contributed by atoms with Gasteiger partial charge in [-0.15, -0.1) is 0 Å². The van der Waals surface area contributed by atoms with Gasteiger partial charge in [0, 0.05) is 0 Å². The van der Waals surface area contributed by atoms with Crippen LogP contribution in [0.2, 0.25) is 0 Å². The summed E-state index contributed by atoms with van der Waals surface area (Å²) < 4.78 is 35.6. The van der Waals surface area contributed by atoms with Crippen molar-refractivity contribution in [1.29, 1.82) is 0 Å². The van der Waals surface area contributed by atoms with Gasteiger partial charge in [0.05, 0.1) is 0 Å². The Hall–Kier alpha value is -0.960. The number of amidine groups is 1. The van der Waals surface area contributed by atoms with E-state index >= 15 is 0 Å². The van der Waals surface area contributed by atoms with E-state index in [0.717, 1.165) is 6.26 Å². The average molecular weight is 421 g/mol. The van der Waals surface area contributed by atoms with Crippen LogP contribution in [0.1, 0.15) is 6.42 Å². The summed E-state index contributed by atoms with van der Waals surface area (Å²) in [4.78, 5) is 8.23. The molecule has 0 rings (SSSR count).